The number of allylic oxidation sites excluding steroid dienone is 2. The van der Waals surface area contributed by atoms with Crippen LogP contribution in [0.5, 0.6) is 0 Å². The number of benzene rings is 1. The Balaban J connectivity index is 1.45. The summed E-state index contributed by atoms with van der Waals surface area (Å²) in [6, 6.07) is 5.48. The van der Waals surface area contributed by atoms with Gasteiger partial charge < -0.3 is 9.47 Å². The van der Waals surface area contributed by atoms with E-state index in [2.05, 4.69) is 13.0 Å². The van der Waals surface area contributed by atoms with Gasteiger partial charge in [-0.25, -0.2) is 0 Å². The molecular formula is C23H31F3O2. The summed E-state index contributed by atoms with van der Waals surface area (Å²) in [5.74, 6) is 0.842. The standard InChI is InChI=1S/C23H31F3O2/c1-2-3-4-5-6-17-15-27-22(28-16-17)20-9-7-18(8-10-20)19-11-13-21(14-12-19)23(24,25)26/h7,11-14,17,20,22H,2-6,8-10,15-16H2,1H3. The van der Waals surface area contributed by atoms with Crippen molar-refractivity contribution in [3.05, 3.63) is 41.5 Å². The second kappa shape index (κ2) is 9.93. The van der Waals surface area contributed by atoms with E-state index in [1.54, 1.807) is 12.1 Å². The third-order valence-electron chi connectivity index (χ3n) is 5.88. The van der Waals surface area contributed by atoms with Gasteiger partial charge in [0, 0.05) is 11.8 Å². The SMILES string of the molecule is CCCCCCC1COC(C2CC=C(c3ccc(C(F)(F)F)cc3)CC2)OC1. The molecule has 1 saturated heterocycles. The fraction of sp³-hybridized carbons (Fsp3) is 0.652. The molecule has 156 valence electrons. The Morgan fingerprint density at radius 1 is 1.00 bits per heavy atom. The normalized spacial score (nSPS) is 26.1. The average molecular weight is 396 g/mol. The lowest BCUT2D eigenvalue weighted by Gasteiger charge is -2.35. The number of hydrogen-bond donors (Lipinski definition) is 0. The van der Waals surface area contributed by atoms with E-state index in [9.17, 15) is 13.2 Å². The molecule has 1 aromatic rings. The molecule has 0 N–H and O–H groups in total. The van der Waals surface area contributed by atoms with Crippen molar-refractivity contribution < 1.29 is 22.6 Å². The zero-order valence-corrected chi connectivity index (χ0v) is 16.6. The quantitative estimate of drug-likeness (QED) is 0.469. The molecule has 0 radical (unpaired) electrons. The highest BCUT2D eigenvalue weighted by Crippen LogP contribution is 2.36. The molecule has 2 aliphatic rings. The van der Waals surface area contributed by atoms with Crippen LogP contribution in [-0.2, 0) is 15.7 Å². The minimum Gasteiger partial charge on any atom is -0.352 e. The van der Waals surface area contributed by atoms with Gasteiger partial charge in [0.15, 0.2) is 6.29 Å². The minimum absolute atomic E-state index is 0.141. The Hall–Kier alpha value is -1.33. The molecule has 0 saturated carbocycles. The first-order valence-corrected chi connectivity index (χ1v) is 10.6. The van der Waals surface area contributed by atoms with E-state index in [0.717, 1.165) is 55.7 Å². The molecule has 1 unspecified atom stereocenters. The van der Waals surface area contributed by atoms with Gasteiger partial charge in [0.1, 0.15) is 0 Å². The summed E-state index contributed by atoms with van der Waals surface area (Å²) in [5, 5.41) is 0. The van der Waals surface area contributed by atoms with Crippen molar-refractivity contribution in [2.45, 2.75) is 70.8 Å². The predicted octanol–water partition coefficient (Wildman–Crippen LogP) is 6.85. The van der Waals surface area contributed by atoms with Crippen LogP contribution in [0.3, 0.4) is 0 Å². The molecule has 1 atom stereocenters. The molecule has 5 heteroatoms. The van der Waals surface area contributed by atoms with Crippen LogP contribution in [0, 0.1) is 11.8 Å². The highest BCUT2D eigenvalue weighted by Gasteiger charge is 2.32. The van der Waals surface area contributed by atoms with Gasteiger partial charge in [-0.2, -0.15) is 13.2 Å². The number of ether oxygens (including phenoxy) is 2. The van der Waals surface area contributed by atoms with Gasteiger partial charge in [0.05, 0.1) is 18.8 Å². The van der Waals surface area contributed by atoms with Crippen molar-refractivity contribution in [1.29, 1.82) is 0 Å². The topological polar surface area (TPSA) is 18.5 Å². The van der Waals surface area contributed by atoms with Gasteiger partial charge in [-0.1, -0.05) is 50.8 Å². The summed E-state index contributed by atoms with van der Waals surface area (Å²) in [5.41, 5.74) is 1.40. The zero-order valence-electron chi connectivity index (χ0n) is 16.6. The largest absolute Gasteiger partial charge is 0.416 e. The Morgan fingerprint density at radius 3 is 2.29 bits per heavy atom. The van der Waals surface area contributed by atoms with Crippen molar-refractivity contribution in [3.63, 3.8) is 0 Å². The monoisotopic (exact) mass is 396 g/mol. The van der Waals surface area contributed by atoms with Gasteiger partial charge in [-0.05, 0) is 49.0 Å². The maximum atomic E-state index is 12.7. The van der Waals surface area contributed by atoms with E-state index in [-0.39, 0.29) is 6.29 Å². The van der Waals surface area contributed by atoms with Gasteiger partial charge in [-0.15, -0.1) is 0 Å². The molecule has 3 rings (SSSR count). The van der Waals surface area contributed by atoms with E-state index >= 15 is 0 Å². The molecule has 28 heavy (non-hydrogen) atoms. The van der Waals surface area contributed by atoms with E-state index < -0.39 is 11.7 Å². The summed E-state index contributed by atoms with van der Waals surface area (Å²) in [7, 11) is 0. The molecule has 1 aliphatic carbocycles. The van der Waals surface area contributed by atoms with Gasteiger partial charge in [0.25, 0.3) is 0 Å². The molecule has 0 spiro atoms. The van der Waals surface area contributed by atoms with Gasteiger partial charge >= 0.3 is 6.18 Å². The summed E-state index contributed by atoms with van der Waals surface area (Å²) >= 11 is 0. The molecule has 1 aromatic carbocycles. The first-order valence-electron chi connectivity index (χ1n) is 10.6. The number of rotatable bonds is 7. The Labute approximate surface area is 166 Å². The first kappa shape index (κ1) is 21.4. The van der Waals surface area contributed by atoms with Crippen LogP contribution in [-0.4, -0.2) is 19.5 Å². The highest BCUT2D eigenvalue weighted by atomic mass is 19.4. The summed E-state index contributed by atoms with van der Waals surface area (Å²) in [6.07, 6.45) is 6.62. The van der Waals surface area contributed by atoms with Crippen LogP contribution in [0.1, 0.15) is 69.4 Å². The van der Waals surface area contributed by atoms with Crippen LogP contribution in [0.4, 0.5) is 13.2 Å². The lowest BCUT2D eigenvalue weighted by molar-refractivity contribution is -0.225. The van der Waals surface area contributed by atoms with E-state index in [4.69, 9.17) is 9.47 Å². The molecule has 1 heterocycles. The smallest absolute Gasteiger partial charge is 0.352 e. The first-order chi connectivity index (χ1) is 13.5. The second-order valence-electron chi connectivity index (χ2n) is 8.09. The van der Waals surface area contributed by atoms with Crippen LogP contribution in [0.2, 0.25) is 0 Å². The third kappa shape index (κ3) is 5.84. The fourth-order valence-electron chi connectivity index (χ4n) is 4.09. The van der Waals surface area contributed by atoms with E-state index in [1.165, 1.54) is 32.1 Å². The van der Waals surface area contributed by atoms with Crippen molar-refractivity contribution in [3.8, 4) is 0 Å². The van der Waals surface area contributed by atoms with Crippen molar-refractivity contribution in [2.75, 3.05) is 13.2 Å². The number of halogens is 3. The highest BCUT2D eigenvalue weighted by molar-refractivity contribution is 5.66. The van der Waals surface area contributed by atoms with E-state index in [1.807, 2.05) is 0 Å². The summed E-state index contributed by atoms with van der Waals surface area (Å²) in [4.78, 5) is 0. The van der Waals surface area contributed by atoms with Crippen LogP contribution in [0.15, 0.2) is 30.3 Å². The van der Waals surface area contributed by atoms with Crippen molar-refractivity contribution in [1.82, 2.24) is 0 Å². The fourth-order valence-corrected chi connectivity index (χ4v) is 4.09. The summed E-state index contributed by atoms with van der Waals surface area (Å²) in [6.45, 7) is 3.78. The maximum absolute atomic E-state index is 12.7. The van der Waals surface area contributed by atoms with Crippen molar-refractivity contribution in [2.24, 2.45) is 11.8 Å². The van der Waals surface area contributed by atoms with Crippen LogP contribution < -0.4 is 0 Å². The Morgan fingerprint density at radius 2 is 1.71 bits per heavy atom. The summed E-state index contributed by atoms with van der Waals surface area (Å²) < 4.78 is 50.1. The lowest BCUT2D eigenvalue weighted by Crippen LogP contribution is -2.37. The average Bonchev–Trinajstić information content (AvgIpc) is 2.71. The maximum Gasteiger partial charge on any atom is 0.416 e. The molecule has 0 amide bonds. The van der Waals surface area contributed by atoms with E-state index in [0.29, 0.717) is 11.8 Å². The number of alkyl halides is 3. The third-order valence-corrected chi connectivity index (χ3v) is 5.88. The Bertz CT molecular complexity index is 628. The lowest BCUT2D eigenvalue weighted by atomic mass is 9.85. The Kier molecular flexibility index (Phi) is 7.58. The molecule has 1 fully saturated rings. The second-order valence-corrected chi connectivity index (χ2v) is 8.09. The molecule has 0 aromatic heterocycles. The molecule has 1 aliphatic heterocycles. The molecule has 0 bridgehead atoms. The molecular weight excluding hydrogens is 365 g/mol. The van der Waals surface area contributed by atoms with Crippen LogP contribution in [0.25, 0.3) is 5.57 Å². The predicted molar refractivity (Wildman–Crippen MR) is 105 cm³/mol. The molecule has 2 nitrogen and oxygen atoms in total. The number of unbranched alkanes of at least 4 members (excludes halogenated alkanes) is 3. The van der Waals surface area contributed by atoms with Gasteiger partial charge in [0.2, 0.25) is 0 Å². The van der Waals surface area contributed by atoms with Crippen molar-refractivity contribution >= 4 is 5.57 Å². The van der Waals surface area contributed by atoms with Gasteiger partial charge in [-0.3, -0.25) is 0 Å². The van der Waals surface area contributed by atoms with Crippen LogP contribution >= 0.6 is 0 Å². The zero-order chi connectivity index (χ0) is 20.0. The minimum atomic E-state index is -4.28. The number of hydrogen-bond acceptors (Lipinski definition) is 2.